The van der Waals surface area contributed by atoms with Gasteiger partial charge in [0.2, 0.25) is 0 Å². The number of fused-ring (bicyclic) bond motifs is 2. The lowest BCUT2D eigenvalue weighted by atomic mass is 9.48. The Morgan fingerprint density at radius 2 is 1.75 bits per heavy atom. The van der Waals surface area contributed by atoms with Gasteiger partial charge in [-0.15, -0.1) is 0 Å². The molecular weight excluding hydrogens is 392 g/mol. The Hall–Kier alpha value is -1.05. The molecule has 2 nitrogen and oxygen atoms in total. The molecule has 0 aromatic rings. The third-order valence-corrected chi connectivity index (χ3v) is 12.0. The number of hydrogen-bond donors (Lipinski definition) is 0. The van der Waals surface area contributed by atoms with Gasteiger partial charge in [-0.1, -0.05) is 74.0 Å². The molecule has 32 heavy (non-hydrogen) atoms. The SMILES string of the molecule is CC.COC(=O)C[C@@H](C)C1(C)CC=C2C3=CCC4C(C)(C)CCCC45[C@@H](C)C35CCC21C. The Morgan fingerprint density at radius 1 is 1.06 bits per heavy atom. The second kappa shape index (κ2) is 7.47. The van der Waals surface area contributed by atoms with E-state index in [1.165, 1.54) is 45.6 Å². The molecule has 2 heteroatoms. The number of carbonyl (C=O) groups is 1. The molecular formula is C30H48O2. The Morgan fingerprint density at radius 3 is 2.41 bits per heavy atom. The second-order valence-corrected chi connectivity index (χ2v) is 12.7. The molecule has 2 spiro atoms. The van der Waals surface area contributed by atoms with Crippen molar-refractivity contribution in [3.63, 3.8) is 0 Å². The molecule has 0 radical (unpaired) electrons. The van der Waals surface area contributed by atoms with E-state index in [-0.39, 0.29) is 16.8 Å². The normalized spacial score (nSPS) is 46.0. The van der Waals surface area contributed by atoms with Gasteiger partial charge in [-0.25, -0.2) is 0 Å². The average molecular weight is 441 g/mol. The van der Waals surface area contributed by atoms with E-state index in [1.54, 1.807) is 11.1 Å². The lowest BCUT2D eigenvalue weighted by Crippen LogP contribution is -2.48. The Kier molecular flexibility index (Phi) is 5.63. The maximum absolute atomic E-state index is 12.1. The molecule has 5 rings (SSSR count). The van der Waals surface area contributed by atoms with Crippen LogP contribution in [0.3, 0.4) is 0 Å². The zero-order valence-electron chi connectivity index (χ0n) is 22.4. The minimum absolute atomic E-state index is 0.0630. The summed E-state index contributed by atoms with van der Waals surface area (Å²) in [5.74, 6) is 1.95. The fraction of sp³-hybridized carbons (Fsp3) is 0.833. The third-order valence-electron chi connectivity index (χ3n) is 12.0. The van der Waals surface area contributed by atoms with Crippen molar-refractivity contribution in [3.8, 4) is 0 Å². The van der Waals surface area contributed by atoms with E-state index in [9.17, 15) is 4.79 Å². The van der Waals surface area contributed by atoms with Crippen LogP contribution < -0.4 is 0 Å². The van der Waals surface area contributed by atoms with Gasteiger partial charge in [0.25, 0.3) is 0 Å². The summed E-state index contributed by atoms with van der Waals surface area (Å²) in [6.07, 6.45) is 15.1. The second-order valence-electron chi connectivity index (χ2n) is 12.7. The molecule has 0 amide bonds. The van der Waals surface area contributed by atoms with Gasteiger partial charge in [-0.05, 0) is 89.1 Å². The predicted molar refractivity (Wildman–Crippen MR) is 133 cm³/mol. The molecule has 0 saturated heterocycles. The van der Waals surface area contributed by atoms with E-state index in [4.69, 9.17) is 4.74 Å². The molecule has 5 aliphatic carbocycles. The smallest absolute Gasteiger partial charge is 0.305 e. The van der Waals surface area contributed by atoms with Crippen molar-refractivity contribution in [3.05, 3.63) is 23.3 Å². The van der Waals surface area contributed by atoms with Crippen molar-refractivity contribution in [2.24, 2.45) is 44.8 Å². The van der Waals surface area contributed by atoms with Crippen LogP contribution in [-0.4, -0.2) is 13.1 Å². The van der Waals surface area contributed by atoms with Crippen molar-refractivity contribution < 1.29 is 9.53 Å². The van der Waals surface area contributed by atoms with Crippen molar-refractivity contribution >= 4 is 5.97 Å². The standard InChI is InChI=1S/C28H42O2.C2H6/c1-18(17-23(29)30-7)25(5)14-11-20-21-9-10-22-24(3,4)12-8-13-28(22)19(2)27(21,28)16-15-26(20,25)6;1-2/h9,11,18-19,22H,8,10,12-17H2,1-7H3;1-2H3/t18-,19+,22?,25?,26?,27?,28?;/m1./s1. The van der Waals surface area contributed by atoms with Gasteiger partial charge in [0.15, 0.2) is 0 Å². The summed E-state index contributed by atoms with van der Waals surface area (Å²) in [5.41, 5.74) is 5.19. The van der Waals surface area contributed by atoms with Gasteiger partial charge in [0.1, 0.15) is 0 Å². The Bertz CT molecular complexity index is 849. The number of hydrogen-bond acceptors (Lipinski definition) is 2. The fourth-order valence-corrected chi connectivity index (χ4v) is 9.80. The van der Waals surface area contributed by atoms with Gasteiger partial charge < -0.3 is 4.74 Å². The molecule has 0 aliphatic heterocycles. The van der Waals surface area contributed by atoms with Crippen molar-refractivity contribution in [1.29, 1.82) is 0 Å². The van der Waals surface area contributed by atoms with E-state index in [0.717, 1.165) is 18.3 Å². The molecule has 0 aromatic carbocycles. The van der Waals surface area contributed by atoms with Gasteiger partial charge >= 0.3 is 5.97 Å². The molecule has 5 aliphatic rings. The van der Waals surface area contributed by atoms with Crippen LogP contribution in [-0.2, 0) is 9.53 Å². The van der Waals surface area contributed by atoms with E-state index in [0.29, 0.717) is 28.6 Å². The van der Waals surface area contributed by atoms with E-state index in [1.807, 2.05) is 13.8 Å². The first-order valence-corrected chi connectivity index (χ1v) is 13.5. The molecule has 0 heterocycles. The summed E-state index contributed by atoms with van der Waals surface area (Å²) in [4.78, 5) is 12.1. The maximum atomic E-state index is 12.1. The molecule has 0 bridgehead atoms. The quantitative estimate of drug-likeness (QED) is 0.414. The number of esters is 1. The van der Waals surface area contributed by atoms with Gasteiger partial charge in [0, 0.05) is 11.8 Å². The van der Waals surface area contributed by atoms with Crippen LogP contribution in [0.15, 0.2) is 23.3 Å². The molecule has 3 saturated carbocycles. The van der Waals surface area contributed by atoms with Crippen LogP contribution in [0, 0.1) is 44.8 Å². The van der Waals surface area contributed by atoms with Crippen molar-refractivity contribution in [2.75, 3.05) is 7.11 Å². The monoisotopic (exact) mass is 440 g/mol. The van der Waals surface area contributed by atoms with Gasteiger partial charge in [0.05, 0.1) is 7.11 Å². The van der Waals surface area contributed by atoms with Crippen molar-refractivity contribution in [1.82, 2.24) is 0 Å². The summed E-state index contributed by atoms with van der Waals surface area (Å²) in [6, 6.07) is 0. The van der Waals surface area contributed by atoms with Gasteiger partial charge in [-0.2, -0.15) is 0 Å². The topological polar surface area (TPSA) is 26.3 Å². The highest BCUT2D eigenvalue weighted by molar-refractivity contribution is 5.69. The van der Waals surface area contributed by atoms with Crippen LogP contribution >= 0.6 is 0 Å². The summed E-state index contributed by atoms with van der Waals surface area (Å²) in [7, 11) is 1.52. The number of allylic oxidation sites excluding steroid dienone is 4. The highest BCUT2D eigenvalue weighted by Crippen LogP contribution is 2.88. The van der Waals surface area contributed by atoms with Crippen LogP contribution in [0.4, 0.5) is 0 Å². The highest BCUT2D eigenvalue weighted by atomic mass is 16.5. The summed E-state index contributed by atoms with van der Waals surface area (Å²) in [6.45, 7) is 18.9. The summed E-state index contributed by atoms with van der Waals surface area (Å²) >= 11 is 0. The zero-order valence-corrected chi connectivity index (χ0v) is 22.4. The molecule has 0 N–H and O–H groups in total. The zero-order chi connectivity index (χ0) is 23.7. The predicted octanol–water partition coefficient (Wildman–Crippen LogP) is 8.13. The minimum atomic E-state index is -0.0630. The van der Waals surface area contributed by atoms with Crippen LogP contribution in [0.25, 0.3) is 0 Å². The first kappa shape index (κ1) is 24.1. The number of ether oxygens (including phenoxy) is 1. The average Bonchev–Trinajstić information content (AvgIpc) is 3.15. The Balaban J connectivity index is 0.00000119. The molecule has 5 unspecified atom stereocenters. The van der Waals surface area contributed by atoms with Gasteiger partial charge in [-0.3, -0.25) is 4.79 Å². The molecule has 3 fully saturated rings. The number of rotatable bonds is 3. The van der Waals surface area contributed by atoms with E-state index >= 15 is 0 Å². The first-order chi connectivity index (χ1) is 15.0. The number of carbonyl (C=O) groups excluding carboxylic acids is 1. The molecule has 180 valence electrons. The molecule has 0 aromatic heterocycles. The Labute approximate surface area is 197 Å². The number of methoxy groups -OCH3 is 1. The molecule has 7 atom stereocenters. The summed E-state index contributed by atoms with van der Waals surface area (Å²) in [5, 5.41) is 0. The van der Waals surface area contributed by atoms with Crippen molar-refractivity contribution in [2.45, 2.75) is 107 Å². The fourth-order valence-electron chi connectivity index (χ4n) is 9.80. The van der Waals surface area contributed by atoms with Crippen LogP contribution in [0.1, 0.15) is 107 Å². The highest BCUT2D eigenvalue weighted by Gasteiger charge is 2.81. The largest absolute Gasteiger partial charge is 0.469 e. The third kappa shape index (κ3) is 2.62. The minimum Gasteiger partial charge on any atom is -0.469 e. The summed E-state index contributed by atoms with van der Waals surface area (Å²) < 4.78 is 5.03. The maximum Gasteiger partial charge on any atom is 0.305 e. The van der Waals surface area contributed by atoms with Crippen LogP contribution in [0.2, 0.25) is 0 Å². The lowest BCUT2D eigenvalue weighted by Gasteiger charge is -2.56. The van der Waals surface area contributed by atoms with E-state index in [2.05, 4.69) is 53.7 Å². The van der Waals surface area contributed by atoms with Crippen LogP contribution in [0.5, 0.6) is 0 Å². The lowest BCUT2D eigenvalue weighted by molar-refractivity contribution is -0.143. The first-order valence-electron chi connectivity index (χ1n) is 13.5. The van der Waals surface area contributed by atoms with E-state index < -0.39 is 0 Å².